The average Bonchev–Trinajstić information content (AvgIpc) is 3.17. The van der Waals surface area contributed by atoms with Crippen LogP contribution in [0.2, 0.25) is 0 Å². The zero-order chi connectivity index (χ0) is 15.6. The monoisotopic (exact) mass is 320 g/mol. The quantitative estimate of drug-likeness (QED) is 0.572. The van der Waals surface area contributed by atoms with Gasteiger partial charge < -0.3 is 9.55 Å². The number of H-pyrrole nitrogens is 1. The fourth-order valence-electron chi connectivity index (χ4n) is 2.67. The fraction of sp³-hybridized carbons (Fsp3) is 0.111. The third kappa shape index (κ3) is 2.64. The van der Waals surface area contributed by atoms with E-state index in [0.717, 1.165) is 22.3 Å². The summed E-state index contributed by atoms with van der Waals surface area (Å²) in [5.74, 6) is 1.76. The van der Waals surface area contributed by atoms with Crippen LogP contribution in [0.1, 0.15) is 5.56 Å². The summed E-state index contributed by atoms with van der Waals surface area (Å²) in [6, 6.07) is 18.5. The van der Waals surface area contributed by atoms with Crippen LogP contribution >= 0.6 is 11.8 Å². The Morgan fingerprint density at radius 2 is 1.78 bits per heavy atom. The van der Waals surface area contributed by atoms with Crippen molar-refractivity contribution in [2.45, 2.75) is 10.9 Å². The first-order valence-electron chi connectivity index (χ1n) is 7.45. The van der Waals surface area contributed by atoms with Crippen LogP contribution in [0.4, 0.5) is 0 Å². The molecule has 0 unspecified atom stereocenters. The van der Waals surface area contributed by atoms with Crippen molar-refractivity contribution >= 4 is 22.7 Å². The van der Waals surface area contributed by atoms with Gasteiger partial charge in [-0.3, -0.25) is 0 Å². The van der Waals surface area contributed by atoms with Gasteiger partial charge in [0.2, 0.25) is 0 Å². The first-order valence-corrected chi connectivity index (χ1v) is 8.44. The van der Waals surface area contributed by atoms with Crippen LogP contribution in [-0.4, -0.2) is 19.7 Å². The highest BCUT2D eigenvalue weighted by atomic mass is 32.2. The molecule has 4 aromatic rings. The highest BCUT2D eigenvalue weighted by molar-refractivity contribution is 7.98. The van der Waals surface area contributed by atoms with Gasteiger partial charge in [0.1, 0.15) is 0 Å². The lowest BCUT2D eigenvalue weighted by molar-refractivity contribution is 0.794. The summed E-state index contributed by atoms with van der Waals surface area (Å²) in [5.41, 5.74) is 3.54. The standard InChI is InChI=1S/C18H16N4S/c1-22-17(13-7-3-2-4-8-13)20-21-18(22)23-12-14-11-19-16-10-6-5-9-15(14)16/h2-11,19H,12H2,1H3. The van der Waals surface area contributed by atoms with Gasteiger partial charge in [0.15, 0.2) is 11.0 Å². The largest absolute Gasteiger partial charge is 0.361 e. The van der Waals surface area contributed by atoms with E-state index >= 15 is 0 Å². The maximum atomic E-state index is 4.34. The fourth-order valence-corrected chi connectivity index (χ4v) is 3.57. The molecule has 0 spiro atoms. The highest BCUT2D eigenvalue weighted by Gasteiger charge is 2.12. The van der Waals surface area contributed by atoms with Crippen molar-refractivity contribution in [3.8, 4) is 11.4 Å². The second-order valence-corrected chi connectivity index (χ2v) is 6.32. The molecule has 0 fully saturated rings. The molecule has 114 valence electrons. The van der Waals surface area contributed by atoms with Crippen LogP contribution in [0.5, 0.6) is 0 Å². The highest BCUT2D eigenvalue weighted by Crippen LogP contribution is 2.28. The van der Waals surface area contributed by atoms with Gasteiger partial charge in [-0.25, -0.2) is 0 Å². The third-order valence-corrected chi connectivity index (χ3v) is 4.97. The van der Waals surface area contributed by atoms with Crippen molar-refractivity contribution in [2.75, 3.05) is 0 Å². The molecule has 0 aliphatic carbocycles. The average molecular weight is 320 g/mol. The Labute approximate surface area is 138 Å². The molecule has 0 aliphatic heterocycles. The second-order valence-electron chi connectivity index (χ2n) is 5.38. The zero-order valence-corrected chi connectivity index (χ0v) is 13.5. The number of nitrogens with zero attached hydrogens (tertiary/aromatic N) is 3. The van der Waals surface area contributed by atoms with Gasteiger partial charge in [0.25, 0.3) is 0 Å². The van der Waals surface area contributed by atoms with E-state index < -0.39 is 0 Å². The summed E-state index contributed by atoms with van der Waals surface area (Å²) in [6.45, 7) is 0. The smallest absolute Gasteiger partial charge is 0.191 e. The Morgan fingerprint density at radius 3 is 2.65 bits per heavy atom. The molecule has 0 saturated carbocycles. The van der Waals surface area contributed by atoms with Crippen LogP contribution < -0.4 is 0 Å². The van der Waals surface area contributed by atoms with Gasteiger partial charge >= 0.3 is 0 Å². The number of benzene rings is 2. The first kappa shape index (κ1) is 14.1. The van der Waals surface area contributed by atoms with Crippen molar-refractivity contribution in [1.29, 1.82) is 0 Å². The van der Waals surface area contributed by atoms with Crippen molar-refractivity contribution in [2.24, 2.45) is 7.05 Å². The summed E-state index contributed by atoms with van der Waals surface area (Å²) < 4.78 is 2.05. The summed E-state index contributed by atoms with van der Waals surface area (Å²) in [7, 11) is 2.01. The van der Waals surface area contributed by atoms with E-state index in [0.29, 0.717) is 0 Å². The van der Waals surface area contributed by atoms with E-state index in [4.69, 9.17) is 0 Å². The predicted octanol–water partition coefficient (Wildman–Crippen LogP) is 4.26. The van der Waals surface area contributed by atoms with Gasteiger partial charge in [0.05, 0.1) is 0 Å². The minimum atomic E-state index is 0.866. The first-order chi connectivity index (χ1) is 11.3. The van der Waals surface area contributed by atoms with Crippen molar-refractivity contribution in [1.82, 2.24) is 19.7 Å². The lowest BCUT2D eigenvalue weighted by atomic mass is 10.2. The number of nitrogens with one attached hydrogen (secondary N) is 1. The van der Waals surface area contributed by atoms with Gasteiger partial charge in [0, 0.05) is 35.5 Å². The number of hydrogen-bond acceptors (Lipinski definition) is 3. The number of aromatic amines is 1. The Hall–Kier alpha value is -2.53. The summed E-state index contributed by atoms with van der Waals surface area (Å²) in [4.78, 5) is 3.31. The van der Waals surface area contributed by atoms with Gasteiger partial charge in [-0.1, -0.05) is 60.3 Å². The maximum absolute atomic E-state index is 4.34. The molecular weight excluding hydrogens is 304 g/mol. The van der Waals surface area contributed by atoms with Crippen molar-refractivity contribution in [3.63, 3.8) is 0 Å². The second kappa shape index (κ2) is 5.93. The van der Waals surface area contributed by atoms with E-state index in [-0.39, 0.29) is 0 Å². The molecule has 4 nitrogen and oxygen atoms in total. The van der Waals surface area contributed by atoms with Crippen molar-refractivity contribution in [3.05, 3.63) is 66.4 Å². The number of thioether (sulfide) groups is 1. The molecule has 0 bridgehead atoms. The Morgan fingerprint density at radius 1 is 1.00 bits per heavy atom. The minimum Gasteiger partial charge on any atom is -0.361 e. The Bertz CT molecular complexity index is 940. The van der Waals surface area contributed by atoms with Gasteiger partial charge in [-0.15, -0.1) is 10.2 Å². The topological polar surface area (TPSA) is 46.5 Å². The summed E-state index contributed by atoms with van der Waals surface area (Å²) >= 11 is 1.70. The third-order valence-electron chi connectivity index (χ3n) is 3.90. The lowest BCUT2D eigenvalue weighted by Gasteiger charge is -2.03. The molecular formula is C18H16N4S. The van der Waals surface area contributed by atoms with E-state index in [2.05, 4.69) is 56.3 Å². The van der Waals surface area contributed by atoms with Crippen LogP contribution in [0.25, 0.3) is 22.3 Å². The molecule has 0 atom stereocenters. The molecule has 1 N–H and O–H groups in total. The molecule has 4 rings (SSSR count). The molecule has 2 heterocycles. The molecule has 2 aromatic carbocycles. The van der Waals surface area contributed by atoms with Crippen LogP contribution in [0, 0.1) is 0 Å². The lowest BCUT2D eigenvalue weighted by Crippen LogP contribution is -1.94. The molecule has 2 aromatic heterocycles. The Balaban J connectivity index is 1.57. The van der Waals surface area contributed by atoms with E-state index in [1.807, 2.05) is 31.3 Å². The van der Waals surface area contributed by atoms with Crippen LogP contribution in [0.15, 0.2) is 66.0 Å². The molecule has 23 heavy (non-hydrogen) atoms. The molecule has 5 heteroatoms. The van der Waals surface area contributed by atoms with Crippen LogP contribution in [0.3, 0.4) is 0 Å². The summed E-state index contributed by atoms with van der Waals surface area (Å²) in [5, 5.41) is 10.9. The SMILES string of the molecule is Cn1c(SCc2c[nH]c3ccccc23)nnc1-c1ccccc1. The molecule has 0 saturated heterocycles. The van der Waals surface area contributed by atoms with E-state index in [1.165, 1.54) is 16.5 Å². The number of aromatic nitrogens is 4. The predicted molar refractivity (Wildman–Crippen MR) is 94.3 cm³/mol. The number of rotatable bonds is 4. The van der Waals surface area contributed by atoms with E-state index in [9.17, 15) is 0 Å². The maximum Gasteiger partial charge on any atom is 0.191 e. The Kier molecular flexibility index (Phi) is 3.63. The number of hydrogen-bond donors (Lipinski definition) is 1. The minimum absolute atomic E-state index is 0.866. The van der Waals surface area contributed by atoms with E-state index in [1.54, 1.807) is 11.8 Å². The van der Waals surface area contributed by atoms with Crippen molar-refractivity contribution < 1.29 is 0 Å². The normalized spacial score (nSPS) is 11.2. The molecule has 0 radical (unpaired) electrons. The van der Waals surface area contributed by atoms with Crippen LogP contribution in [-0.2, 0) is 12.8 Å². The van der Waals surface area contributed by atoms with Gasteiger partial charge in [-0.05, 0) is 11.6 Å². The molecule has 0 aliphatic rings. The zero-order valence-electron chi connectivity index (χ0n) is 12.7. The van der Waals surface area contributed by atoms with Gasteiger partial charge in [-0.2, -0.15) is 0 Å². The number of fused-ring (bicyclic) bond motifs is 1. The number of para-hydroxylation sites is 1. The summed E-state index contributed by atoms with van der Waals surface area (Å²) in [6.07, 6.45) is 2.08. The molecule has 0 amide bonds.